The van der Waals surface area contributed by atoms with E-state index in [2.05, 4.69) is 16.0 Å². The molecule has 3 amide bonds. The lowest BCUT2D eigenvalue weighted by molar-refractivity contribution is -0.116. The number of benzene rings is 3. The van der Waals surface area contributed by atoms with Crippen LogP contribution in [0.25, 0.3) is 0 Å². The average Bonchev–Trinajstić information content (AvgIpc) is 2.75. The van der Waals surface area contributed by atoms with Crippen molar-refractivity contribution in [2.75, 3.05) is 16.0 Å². The van der Waals surface area contributed by atoms with Gasteiger partial charge < -0.3 is 16.0 Å². The lowest BCUT2D eigenvalue weighted by Crippen LogP contribution is -2.20. The standard InChI is InChI=1S/C23H18FN3O3/c24-18-12-16-8-11-21(28)26-19(16)13-20(18)27-23(30)15-6-9-17(10-7-15)25-22(29)14-4-2-1-3-5-14/h1-7,9-10,12-13H,8,11H2,(H,25,29)(H,26,28)(H,27,30). The summed E-state index contributed by atoms with van der Waals surface area (Å²) in [6.07, 6.45) is 0.772. The van der Waals surface area contributed by atoms with Crippen molar-refractivity contribution in [2.24, 2.45) is 0 Å². The van der Waals surface area contributed by atoms with Crippen molar-refractivity contribution in [3.05, 3.63) is 89.2 Å². The van der Waals surface area contributed by atoms with E-state index in [1.54, 1.807) is 36.4 Å². The minimum Gasteiger partial charge on any atom is -0.326 e. The Bertz CT molecular complexity index is 1130. The van der Waals surface area contributed by atoms with E-state index in [4.69, 9.17) is 0 Å². The summed E-state index contributed by atoms with van der Waals surface area (Å²) in [5.41, 5.74) is 2.54. The number of fused-ring (bicyclic) bond motifs is 1. The van der Waals surface area contributed by atoms with Crippen LogP contribution in [0.15, 0.2) is 66.7 Å². The monoisotopic (exact) mass is 403 g/mol. The van der Waals surface area contributed by atoms with Crippen LogP contribution in [0.5, 0.6) is 0 Å². The minimum absolute atomic E-state index is 0.0117. The molecular formula is C23H18FN3O3. The molecular weight excluding hydrogens is 385 g/mol. The largest absolute Gasteiger partial charge is 0.326 e. The summed E-state index contributed by atoms with van der Waals surface area (Å²) in [6, 6.07) is 17.8. The predicted molar refractivity (Wildman–Crippen MR) is 112 cm³/mol. The zero-order chi connectivity index (χ0) is 21.1. The summed E-state index contributed by atoms with van der Waals surface area (Å²) < 4.78 is 14.3. The Morgan fingerprint density at radius 1 is 0.833 bits per heavy atom. The van der Waals surface area contributed by atoms with Gasteiger partial charge in [0.2, 0.25) is 5.91 Å². The fraction of sp³-hybridized carbons (Fsp3) is 0.0870. The number of carbonyl (C=O) groups excluding carboxylic acids is 3. The Morgan fingerprint density at radius 2 is 1.50 bits per heavy atom. The average molecular weight is 403 g/mol. The van der Waals surface area contributed by atoms with Gasteiger partial charge in [-0.05, 0) is 60.5 Å². The third kappa shape index (κ3) is 4.20. The lowest BCUT2D eigenvalue weighted by Gasteiger charge is -2.18. The van der Waals surface area contributed by atoms with Crippen molar-refractivity contribution in [3.63, 3.8) is 0 Å². The minimum atomic E-state index is -0.565. The van der Waals surface area contributed by atoms with E-state index in [0.29, 0.717) is 40.9 Å². The van der Waals surface area contributed by atoms with Crippen LogP contribution in [-0.4, -0.2) is 17.7 Å². The number of rotatable bonds is 4. The topological polar surface area (TPSA) is 87.3 Å². The number of hydrogen-bond donors (Lipinski definition) is 3. The number of hydrogen-bond acceptors (Lipinski definition) is 3. The molecule has 3 aromatic carbocycles. The van der Waals surface area contributed by atoms with Crippen molar-refractivity contribution in [1.82, 2.24) is 0 Å². The molecule has 7 heteroatoms. The van der Waals surface area contributed by atoms with Gasteiger partial charge in [0.1, 0.15) is 5.82 Å². The van der Waals surface area contributed by atoms with Crippen LogP contribution < -0.4 is 16.0 Å². The van der Waals surface area contributed by atoms with Crippen LogP contribution in [-0.2, 0) is 11.2 Å². The Kier molecular flexibility index (Phi) is 5.26. The highest BCUT2D eigenvalue weighted by molar-refractivity contribution is 6.06. The molecule has 0 saturated heterocycles. The molecule has 0 saturated carbocycles. The molecule has 3 N–H and O–H groups in total. The fourth-order valence-electron chi connectivity index (χ4n) is 3.19. The third-order valence-electron chi connectivity index (χ3n) is 4.78. The lowest BCUT2D eigenvalue weighted by atomic mass is 10.0. The van der Waals surface area contributed by atoms with E-state index in [0.717, 1.165) is 0 Å². The Hall–Kier alpha value is -4.00. The van der Waals surface area contributed by atoms with Gasteiger partial charge in [-0.3, -0.25) is 14.4 Å². The summed E-state index contributed by atoms with van der Waals surface area (Å²) in [5.74, 6) is -1.47. The summed E-state index contributed by atoms with van der Waals surface area (Å²) in [7, 11) is 0. The second kappa shape index (κ2) is 8.16. The summed E-state index contributed by atoms with van der Waals surface area (Å²) in [6.45, 7) is 0. The van der Waals surface area contributed by atoms with Gasteiger partial charge in [0.15, 0.2) is 0 Å². The van der Waals surface area contributed by atoms with E-state index >= 15 is 0 Å². The van der Waals surface area contributed by atoms with E-state index < -0.39 is 11.7 Å². The summed E-state index contributed by atoms with van der Waals surface area (Å²) in [5, 5.41) is 7.96. The molecule has 4 rings (SSSR count). The number of carbonyl (C=O) groups is 3. The predicted octanol–water partition coefficient (Wildman–Crippen LogP) is 4.22. The first-order chi connectivity index (χ1) is 14.5. The Balaban J connectivity index is 1.45. The molecule has 1 aliphatic heterocycles. The molecule has 0 radical (unpaired) electrons. The molecule has 6 nitrogen and oxygen atoms in total. The smallest absolute Gasteiger partial charge is 0.255 e. The van der Waals surface area contributed by atoms with Crippen molar-refractivity contribution >= 4 is 34.8 Å². The molecule has 1 aliphatic rings. The maximum absolute atomic E-state index is 14.3. The van der Waals surface area contributed by atoms with Crippen LogP contribution >= 0.6 is 0 Å². The van der Waals surface area contributed by atoms with Crippen LogP contribution in [0.1, 0.15) is 32.7 Å². The molecule has 3 aromatic rings. The quantitative estimate of drug-likeness (QED) is 0.610. The highest BCUT2D eigenvalue weighted by Crippen LogP contribution is 2.29. The maximum Gasteiger partial charge on any atom is 0.255 e. The first kappa shape index (κ1) is 19.3. The van der Waals surface area contributed by atoms with E-state index in [1.165, 1.54) is 24.3 Å². The normalized spacial score (nSPS) is 12.5. The van der Waals surface area contributed by atoms with Gasteiger partial charge in [-0.25, -0.2) is 4.39 Å². The molecule has 30 heavy (non-hydrogen) atoms. The number of amides is 3. The molecule has 0 fully saturated rings. The fourth-order valence-corrected chi connectivity index (χ4v) is 3.19. The van der Waals surface area contributed by atoms with Crippen molar-refractivity contribution in [1.29, 1.82) is 0 Å². The zero-order valence-electron chi connectivity index (χ0n) is 15.9. The van der Waals surface area contributed by atoms with Crippen molar-refractivity contribution in [2.45, 2.75) is 12.8 Å². The Labute approximate surface area is 172 Å². The van der Waals surface area contributed by atoms with Gasteiger partial charge in [0, 0.05) is 28.9 Å². The van der Waals surface area contributed by atoms with Crippen LogP contribution in [0.4, 0.5) is 21.5 Å². The molecule has 150 valence electrons. The molecule has 1 heterocycles. The molecule has 0 aromatic heterocycles. The summed E-state index contributed by atoms with van der Waals surface area (Å²) in [4.78, 5) is 36.2. The second-order valence-corrected chi connectivity index (χ2v) is 6.89. The number of halogens is 1. The first-order valence-corrected chi connectivity index (χ1v) is 9.40. The maximum atomic E-state index is 14.3. The van der Waals surface area contributed by atoms with Gasteiger partial charge in [-0.2, -0.15) is 0 Å². The Morgan fingerprint density at radius 3 is 2.23 bits per heavy atom. The van der Waals surface area contributed by atoms with Crippen molar-refractivity contribution in [3.8, 4) is 0 Å². The SMILES string of the molecule is O=C1CCc2cc(F)c(NC(=O)c3ccc(NC(=O)c4ccccc4)cc3)cc2N1. The zero-order valence-corrected chi connectivity index (χ0v) is 15.9. The van der Waals surface area contributed by atoms with Crippen LogP contribution in [0.3, 0.4) is 0 Å². The first-order valence-electron chi connectivity index (χ1n) is 9.40. The molecule has 0 bridgehead atoms. The number of aryl methyl sites for hydroxylation is 1. The van der Waals surface area contributed by atoms with Crippen LogP contribution in [0.2, 0.25) is 0 Å². The molecule has 0 spiro atoms. The molecule has 0 aliphatic carbocycles. The van der Waals surface area contributed by atoms with Crippen LogP contribution in [0, 0.1) is 5.82 Å². The van der Waals surface area contributed by atoms with Gasteiger partial charge in [-0.15, -0.1) is 0 Å². The second-order valence-electron chi connectivity index (χ2n) is 6.89. The highest BCUT2D eigenvalue weighted by Gasteiger charge is 2.19. The molecule has 0 unspecified atom stereocenters. The third-order valence-corrected chi connectivity index (χ3v) is 4.78. The summed E-state index contributed by atoms with van der Waals surface area (Å²) >= 11 is 0. The number of anilines is 3. The molecule has 0 atom stereocenters. The van der Waals surface area contributed by atoms with E-state index in [1.807, 2.05) is 6.07 Å². The number of nitrogens with one attached hydrogen (secondary N) is 3. The van der Waals surface area contributed by atoms with Gasteiger partial charge in [-0.1, -0.05) is 18.2 Å². The van der Waals surface area contributed by atoms with Gasteiger partial charge >= 0.3 is 0 Å². The van der Waals surface area contributed by atoms with E-state index in [-0.39, 0.29) is 17.5 Å². The van der Waals surface area contributed by atoms with Gasteiger partial charge in [0.25, 0.3) is 11.8 Å². The highest BCUT2D eigenvalue weighted by atomic mass is 19.1. The van der Waals surface area contributed by atoms with Gasteiger partial charge in [0.05, 0.1) is 5.69 Å². The van der Waals surface area contributed by atoms with E-state index in [9.17, 15) is 18.8 Å². The van der Waals surface area contributed by atoms with Crippen molar-refractivity contribution < 1.29 is 18.8 Å².